The Balaban J connectivity index is 2.32. The van der Waals surface area contributed by atoms with Gasteiger partial charge in [0, 0.05) is 5.57 Å². The molecule has 76 valence electrons. The standard InChI is InChI=1S/C10H13NO3/c1-14-11-9(12)6-7-4-2-3-5-8(7)10(11)13/h2-6H2,1H3. The van der Waals surface area contributed by atoms with Gasteiger partial charge in [0.2, 0.25) is 0 Å². The molecule has 0 spiro atoms. The predicted octanol–water partition coefficient (Wildman–Crippen LogP) is 1.18. The van der Waals surface area contributed by atoms with Crippen LogP contribution < -0.4 is 0 Å². The molecule has 4 heteroatoms. The van der Waals surface area contributed by atoms with Crippen molar-refractivity contribution in [2.24, 2.45) is 0 Å². The molecule has 0 saturated carbocycles. The Hall–Kier alpha value is -1.16. The van der Waals surface area contributed by atoms with Gasteiger partial charge in [-0.05, 0) is 25.7 Å². The zero-order valence-electron chi connectivity index (χ0n) is 8.21. The van der Waals surface area contributed by atoms with Crippen molar-refractivity contribution in [3.8, 4) is 0 Å². The highest BCUT2D eigenvalue weighted by atomic mass is 16.7. The van der Waals surface area contributed by atoms with Crippen LogP contribution in [0.15, 0.2) is 11.1 Å². The summed E-state index contributed by atoms with van der Waals surface area (Å²) < 4.78 is 0. The first-order chi connectivity index (χ1) is 6.74. The second-order valence-electron chi connectivity index (χ2n) is 3.64. The van der Waals surface area contributed by atoms with Crippen molar-refractivity contribution < 1.29 is 14.4 Å². The lowest BCUT2D eigenvalue weighted by molar-refractivity contribution is -0.185. The maximum Gasteiger partial charge on any atom is 0.280 e. The van der Waals surface area contributed by atoms with Crippen LogP contribution in [0.4, 0.5) is 0 Å². The van der Waals surface area contributed by atoms with Crippen LogP contribution in [0.3, 0.4) is 0 Å². The Bertz CT molecular complexity index is 319. The molecule has 0 saturated heterocycles. The van der Waals surface area contributed by atoms with E-state index in [0.29, 0.717) is 6.42 Å². The second kappa shape index (κ2) is 3.53. The van der Waals surface area contributed by atoms with Gasteiger partial charge in [0.05, 0.1) is 13.5 Å². The Morgan fingerprint density at radius 1 is 1.21 bits per heavy atom. The topological polar surface area (TPSA) is 46.6 Å². The summed E-state index contributed by atoms with van der Waals surface area (Å²) in [4.78, 5) is 27.9. The van der Waals surface area contributed by atoms with E-state index in [1.54, 1.807) is 0 Å². The molecule has 0 fully saturated rings. The van der Waals surface area contributed by atoms with Crippen molar-refractivity contribution >= 4 is 11.8 Å². The molecule has 0 unspecified atom stereocenters. The minimum absolute atomic E-state index is 0.238. The SMILES string of the molecule is CON1C(=O)CC2=C(CCCC2)C1=O. The van der Waals surface area contributed by atoms with E-state index in [-0.39, 0.29) is 11.8 Å². The van der Waals surface area contributed by atoms with Gasteiger partial charge in [-0.1, -0.05) is 5.57 Å². The molecule has 0 aromatic carbocycles. The number of nitrogens with zero attached hydrogens (tertiary/aromatic N) is 1. The molecule has 0 radical (unpaired) electrons. The maximum atomic E-state index is 11.7. The molecule has 2 rings (SSSR count). The van der Waals surface area contributed by atoms with E-state index in [1.165, 1.54) is 7.11 Å². The third kappa shape index (κ3) is 1.35. The molecule has 4 nitrogen and oxygen atoms in total. The van der Waals surface area contributed by atoms with Crippen LogP contribution in [-0.2, 0) is 14.4 Å². The van der Waals surface area contributed by atoms with Gasteiger partial charge in [-0.2, -0.15) is 0 Å². The van der Waals surface area contributed by atoms with E-state index < -0.39 is 0 Å². The predicted molar refractivity (Wildman–Crippen MR) is 49.0 cm³/mol. The van der Waals surface area contributed by atoms with Crippen LogP contribution >= 0.6 is 0 Å². The number of hydroxylamine groups is 2. The Labute approximate surface area is 82.5 Å². The summed E-state index contributed by atoms with van der Waals surface area (Å²) in [5.74, 6) is -0.489. The maximum absolute atomic E-state index is 11.7. The van der Waals surface area contributed by atoms with Crippen LogP contribution in [0.5, 0.6) is 0 Å². The van der Waals surface area contributed by atoms with Crippen LogP contribution in [0.1, 0.15) is 32.1 Å². The Morgan fingerprint density at radius 3 is 2.64 bits per heavy atom. The first-order valence-electron chi connectivity index (χ1n) is 4.86. The minimum Gasteiger partial charge on any atom is -0.272 e. The van der Waals surface area contributed by atoms with E-state index in [1.807, 2.05) is 0 Å². The lowest BCUT2D eigenvalue weighted by Crippen LogP contribution is -2.41. The van der Waals surface area contributed by atoms with Gasteiger partial charge in [0.15, 0.2) is 0 Å². The third-order valence-corrected chi connectivity index (χ3v) is 2.80. The summed E-state index contributed by atoms with van der Waals surface area (Å²) in [5.41, 5.74) is 1.83. The van der Waals surface area contributed by atoms with Crippen molar-refractivity contribution in [1.29, 1.82) is 0 Å². The van der Waals surface area contributed by atoms with Crippen LogP contribution in [0, 0.1) is 0 Å². The fourth-order valence-electron chi connectivity index (χ4n) is 2.10. The molecular weight excluding hydrogens is 182 g/mol. The molecule has 0 atom stereocenters. The van der Waals surface area contributed by atoms with E-state index in [4.69, 9.17) is 4.84 Å². The number of carbonyl (C=O) groups excluding carboxylic acids is 2. The highest BCUT2D eigenvalue weighted by molar-refractivity contribution is 6.07. The molecular formula is C10H13NO3. The normalized spacial score (nSPS) is 22.8. The van der Waals surface area contributed by atoms with Crippen molar-refractivity contribution in [1.82, 2.24) is 5.06 Å². The highest BCUT2D eigenvalue weighted by Gasteiger charge is 2.34. The van der Waals surface area contributed by atoms with Crippen molar-refractivity contribution in [2.45, 2.75) is 32.1 Å². The number of rotatable bonds is 1. The first-order valence-corrected chi connectivity index (χ1v) is 4.86. The summed E-state index contributed by atoms with van der Waals surface area (Å²) >= 11 is 0. The van der Waals surface area contributed by atoms with E-state index in [9.17, 15) is 9.59 Å². The fraction of sp³-hybridized carbons (Fsp3) is 0.600. The lowest BCUT2D eigenvalue weighted by atomic mass is 9.87. The largest absolute Gasteiger partial charge is 0.280 e. The van der Waals surface area contributed by atoms with E-state index in [2.05, 4.69) is 0 Å². The van der Waals surface area contributed by atoms with E-state index in [0.717, 1.165) is 41.9 Å². The van der Waals surface area contributed by atoms with Crippen molar-refractivity contribution in [2.75, 3.05) is 7.11 Å². The Morgan fingerprint density at radius 2 is 1.93 bits per heavy atom. The zero-order chi connectivity index (χ0) is 10.1. The molecule has 2 amide bonds. The molecule has 2 aliphatic rings. The first kappa shape index (κ1) is 9.40. The van der Waals surface area contributed by atoms with Crippen LogP contribution in [0.2, 0.25) is 0 Å². The molecule has 1 aliphatic heterocycles. The quantitative estimate of drug-likeness (QED) is 0.590. The summed E-state index contributed by atoms with van der Waals surface area (Å²) in [7, 11) is 1.35. The van der Waals surface area contributed by atoms with Crippen molar-refractivity contribution in [3.05, 3.63) is 11.1 Å². The summed E-state index contributed by atoms with van der Waals surface area (Å²) in [6, 6.07) is 0. The lowest BCUT2D eigenvalue weighted by Gasteiger charge is -2.29. The zero-order valence-corrected chi connectivity index (χ0v) is 8.21. The van der Waals surface area contributed by atoms with E-state index >= 15 is 0 Å². The van der Waals surface area contributed by atoms with Gasteiger partial charge in [-0.25, -0.2) is 0 Å². The second-order valence-corrected chi connectivity index (χ2v) is 3.64. The monoisotopic (exact) mass is 195 g/mol. The summed E-state index contributed by atoms with van der Waals surface area (Å²) in [6.45, 7) is 0. The fourth-order valence-corrected chi connectivity index (χ4v) is 2.10. The summed E-state index contributed by atoms with van der Waals surface area (Å²) in [5, 5.41) is 0.879. The van der Waals surface area contributed by atoms with Crippen LogP contribution in [0.25, 0.3) is 0 Å². The van der Waals surface area contributed by atoms with Crippen molar-refractivity contribution in [3.63, 3.8) is 0 Å². The third-order valence-electron chi connectivity index (χ3n) is 2.80. The summed E-state index contributed by atoms with van der Waals surface area (Å²) in [6.07, 6.45) is 4.17. The van der Waals surface area contributed by atoms with Gasteiger partial charge in [0.1, 0.15) is 0 Å². The molecule has 0 N–H and O–H groups in total. The molecule has 1 heterocycles. The van der Waals surface area contributed by atoms with Gasteiger partial charge in [0.25, 0.3) is 11.8 Å². The molecule has 0 bridgehead atoms. The molecule has 0 aromatic rings. The smallest absolute Gasteiger partial charge is 0.272 e. The number of amides is 2. The van der Waals surface area contributed by atoms with Crippen LogP contribution in [-0.4, -0.2) is 24.0 Å². The van der Waals surface area contributed by atoms with Gasteiger partial charge < -0.3 is 0 Å². The average molecular weight is 195 g/mol. The molecule has 0 aromatic heterocycles. The number of hydrogen-bond acceptors (Lipinski definition) is 3. The average Bonchev–Trinajstić information content (AvgIpc) is 2.18. The number of hydrogen-bond donors (Lipinski definition) is 0. The number of imide groups is 1. The van der Waals surface area contributed by atoms with Gasteiger partial charge in [-0.3, -0.25) is 14.4 Å². The minimum atomic E-state index is -0.251. The molecule has 1 aliphatic carbocycles. The van der Waals surface area contributed by atoms with Gasteiger partial charge >= 0.3 is 0 Å². The Kier molecular flexibility index (Phi) is 2.37. The highest BCUT2D eigenvalue weighted by Crippen LogP contribution is 2.32. The number of carbonyl (C=O) groups is 2. The van der Waals surface area contributed by atoms with Gasteiger partial charge in [-0.15, -0.1) is 5.06 Å². The molecule has 14 heavy (non-hydrogen) atoms.